The Morgan fingerprint density at radius 2 is 1.81 bits per heavy atom. The fourth-order valence-electron chi connectivity index (χ4n) is 3.32. The smallest absolute Gasteiger partial charge is 0.322 e. The number of nitrogens with one attached hydrogen (secondary N) is 1. The number of hydrogen-bond donors (Lipinski definition) is 1. The van der Waals surface area contributed by atoms with E-state index in [4.69, 9.17) is 11.6 Å². The highest BCUT2D eigenvalue weighted by molar-refractivity contribution is 6.30. The van der Waals surface area contributed by atoms with Crippen LogP contribution in [0.15, 0.2) is 65.7 Å². The molecule has 0 unspecified atom stereocenters. The van der Waals surface area contributed by atoms with E-state index in [1.54, 1.807) is 28.9 Å². The minimum Gasteiger partial charge on any atom is -0.322 e. The molecule has 1 N–H and O–H groups in total. The number of hydrogen-bond acceptors (Lipinski definition) is 4. The van der Waals surface area contributed by atoms with Crippen LogP contribution < -0.4 is 11.0 Å². The predicted molar refractivity (Wildman–Crippen MR) is 114 cm³/mol. The second kappa shape index (κ2) is 7.57. The normalized spacial score (nSPS) is 11.3. The van der Waals surface area contributed by atoms with Crippen LogP contribution in [0.3, 0.4) is 0 Å². The number of halogens is 3. The van der Waals surface area contributed by atoms with Crippen LogP contribution in [-0.2, 0) is 11.3 Å². The average molecular weight is 455 g/mol. The third kappa shape index (κ3) is 3.50. The Hall–Kier alpha value is -4.05. The van der Waals surface area contributed by atoms with E-state index in [1.807, 2.05) is 12.1 Å². The lowest BCUT2D eigenvalue weighted by molar-refractivity contribution is -0.117. The van der Waals surface area contributed by atoms with Crippen molar-refractivity contribution in [2.45, 2.75) is 6.54 Å². The number of aromatic nitrogens is 5. The zero-order valence-corrected chi connectivity index (χ0v) is 16.9. The molecule has 1 amide bonds. The number of amides is 1. The third-order valence-electron chi connectivity index (χ3n) is 4.83. The fraction of sp³-hybridized carbons (Fsp3) is 0.0476. The highest BCUT2D eigenvalue weighted by atomic mass is 35.5. The largest absolute Gasteiger partial charge is 0.350 e. The zero-order chi connectivity index (χ0) is 22.4. The SMILES string of the molecule is O=C(Cn1nc2c3cc(-c4ccc(Cl)cc4)nn3ccn2c1=O)Nc1ccc(F)cc1F. The first kappa shape index (κ1) is 19.9. The van der Waals surface area contributed by atoms with Crippen molar-refractivity contribution in [1.29, 1.82) is 0 Å². The van der Waals surface area contributed by atoms with Crippen molar-refractivity contribution in [2.24, 2.45) is 0 Å². The molecule has 0 radical (unpaired) electrons. The molecule has 2 aromatic carbocycles. The van der Waals surface area contributed by atoms with E-state index in [0.29, 0.717) is 27.9 Å². The second-order valence-corrected chi connectivity index (χ2v) is 7.41. The number of nitrogens with zero attached hydrogens (tertiary/aromatic N) is 5. The van der Waals surface area contributed by atoms with Crippen LogP contribution in [0.25, 0.3) is 22.4 Å². The molecule has 0 fully saturated rings. The Morgan fingerprint density at radius 3 is 2.56 bits per heavy atom. The molecule has 3 aromatic heterocycles. The van der Waals surface area contributed by atoms with E-state index in [1.165, 1.54) is 10.6 Å². The fourth-order valence-corrected chi connectivity index (χ4v) is 3.44. The molecule has 0 spiro atoms. The highest BCUT2D eigenvalue weighted by Gasteiger charge is 2.16. The minimum absolute atomic E-state index is 0.195. The molecule has 5 rings (SSSR count). The van der Waals surface area contributed by atoms with Gasteiger partial charge in [0, 0.05) is 29.0 Å². The number of rotatable bonds is 4. The van der Waals surface area contributed by atoms with Crippen LogP contribution >= 0.6 is 11.6 Å². The van der Waals surface area contributed by atoms with Gasteiger partial charge in [0.25, 0.3) is 0 Å². The van der Waals surface area contributed by atoms with E-state index in [0.717, 1.165) is 22.4 Å². The van der Waals surface area contributed by atoms with Gasteiger partial charge in [-0.1, -0.05) is 23.7 Å². The molecule has 0 saturated carbocycles. The van der Waals surface area contributed by atoms with Gasteiger partial charge >= 0.3 is 5.69 Å². The summed E-state index contributed by atoms with van der Waals surface area (Å²) >= 11 is 5.94. The van der Waals surface area contributed by atoms with Gasteiger partial charge in [0.05, 0.1) is 11.4 Å². The summed E-state index contributed by atoms with van der Waals surface area (Å²) in [5.41, 5.74) is 1.59. The zero-order valence-electron chi connectivity index (χ0n) is 16.2. The molecule has 0 saturated heterocycles. The molecule has 5 aromatic rings. The lowest BCUT2D eigenvalue weighted by Gasteiger charge is -2.05. The van der Waals surface area contributed by atoms with Crippen LogP contribution in [0.4, 0.5) is 14.5 Å². The number of carbonyl (C=O) groups excluding carboxylic acids is 1. The van der Waals surface area contributed by atoms with Gasteiger partial charge in [-0.15, -0.1) is 5.10 Å². The molecule has 0 bridgehead atoms. The molecule has 3 heterocycles. The number of carbonyl (C=O) groups is 1. The van der Waals surface area contributed by atoms with Crippen LogP contribution in [0.5, 0.6) is 0 Å². The van der Waals surface area contributed by atoms with E-state index in [-0.39, 0.29) is 5.69 Å². The Morgan fingerprint density at radius 1 is 1.03 bits per heavy atom. The van der Waals surface area contributed by atoms with Gasteiger partial charge < -0.3 is 5.32 Å². The summed E-state index contributed by atoms with van der Waals surface area (Å²) in [4.78, 5) is 25.0. The van der Waals surface area contributed by atoms with Gasteiger partial charge in [0.15, 0.2) is 5.65 Å². The lowest BCUT2D eigenvalue weighted by Crippen LogP contribution is -2.28. The van der Waals surface area contributed by atoms with Crippen LogP contribution in [0.1, 0.15) is 0 Å². The van der Waals surface area contributed by atoms with E-state index >= 15 is 0 Å². The minimum atomic E-state index is -0.920. The van der Waals surface area contributed by atoms with Crippen molar-refractivity contribution in [2.75, 3.05) is 5.32 Å². The van der Waals surface area contributed by atoms with Crippen LogP contribution in [0.2, 0.25) is 5.02 Å². The van der Waals surface area contributed by atoms with Crippen molar-refractivity contribution in [1.82, 2.24) is 23.8 Å². The molecule has 32 heavy (non-hydrogen) atoms. The molecular weight excluding hydrogens is 442 g/mol. The molecular formula is C21H13ClF2N6O2. The summed E-state index contributed by atoms with van der Waals surface area (Å²) in [6, 6.07) is 11.7. The van der Waals surface area contributed by atoms with E-state index in [9.17, 15) is 18.4 Å². The first-order chi connectivity index (χ1) is 15.4. The van der Waals surface area contributed by atoms with Gasteiger partial charge in [-0.05, 0) is 30.3 Å². The van der Waals surface area contributed by atoms with E-state index in [2.05, 4.69) is 15.5 Å². The van der Waals surface area contributed by atoms with Crippen molar-refractivity contribution in [3.05, 3.63) is 88.1 Å². The molecule has 8 nitrogen and oxygen atoms in total. The number of fused-ring (bicyclic) bond motifs is 3. The van der Waals surface area contributed by atoms with Crippen molar-refractivity contribution >= 4 is 34.4 Å². The first-order valence-corrected chi connectivity index (χ1v) is 9.75. The summed E-state index contributed by atoms with van der Waals surface area (Å²) in [6.07, 6.45) is 3.09. The Kier molecular flexibility index (Phi) is 4.71. The molecule has 0 aliphatic rings. The Labute approximate surface area is 183 Å². The van der Waals surface area contributed by atoms with Gasteiger partial charge in [-0.2, -0.15) is 5.10 Å². The Bertz CT molecular complexity index is 1550. The first-order valence-electron chi connectivity index (χ1n) is 9.37. The number of anilines is 1. The van der Waals surface area contributed by atoms with Crippen molar-refractivity contribution in [3.8, 4) is 11.3 Å². The molecule has 0 atom stereocenters. The van der Waals surface area contributed by atoms with Crippen molar-refractivity contribution < 1.29 is 13.6 Å². The highest BCUT2D eigenvalue weighted by Crippen LogP contribution is 2.23. The molecule has 160 valence electrons. The van der Waals surface area contributed by atoms with Crippen LogP contribution in [0, 0.1) is 11.6 Å². The molecule has 0 aliphatic heterocycles. The lowest BCUT2D eigenvalue weighted by atomic mass is 10.1. The molecule has 11 heteroatoms. The summed E-state index contributed by atoms with van der Waals surface area (Å²) in [5, 5.41) is 11.7. The number of benzene rings is 2. The molecule has 0 aliphatic carbocycles. The van der Waals surface area contributed by atoms with Gasteiger partial charge in [-0.25, -0.2) is 27.2 Å². The van der Waals surface area contributed by atoms with Gasteiger partial charge in [0.2, 0.25) is 5.91 Å². The quantitative estimate of drug-likeness (QED) is 0.451. The average Bonchev–Trinajstić information content (AvgIpc) is 3.32. The maximum absolute atomic E-state index is 13.8. The Balaban J connectivity index is 1.48. The standard InChI is InChI=1S/C21H13ClF2N6O2/c22-13-3-1-12(2-4-13)17-10-18-20-27-30(21(32)28(20)7-8-29(18)26-17)11-19(31)25-16-6-5-14(23)9-15(16)24/h1-10H,11H2,(H,25,31). The summed E-state index contributed by atoms with van der Waals surface area (Å²) in [5.74, 6) is -2.37. The topological polar surface area (TPSA) is 85.7 Å². The third-order valence-corrected chi connectivity index (χ3v) is 5.08. The summed E-state index contributed by atoms with van der Waals surface area (Å²) in [7, 11) is 0. The van der Waals surface area contributed by atoms with Gasteiger partial charge in [-0.3, -0.25) is 4.79 Å². The van der Waals surface area contributed by atoms with Crippen LogP contribution in [-0.4, -0.2) is 29.7 Å². The predicted octanol–water partition coefficient (Wildman–Crippen LogP) is 3.38. The maximum atomic E-state index is 13.8. The maximum Gasteiger partial charge on any atom is 0.350 e. The monoisotopic (exact) mass is 454 g/mol. The summed E-state index contributed by atoms with van der Waals surface area (Å²) in [6.45, 7) is -0.457. The summed E-state index contributed by atoms with van der Waals surface area (Å²) < 4.78 is 30.6. The van der Waals surface area contributed by atoms with E-state index < -0.39 is 29.8 Å². The second-order valence-electron chi connectivity index (χ2n) is 6.97. The van der Waals surface area contributed by atoms with Gasteiger partial charge in [0.1, 0.15) is 23.7 Å². The van der Waals surface area contributed by atoms with Crippen molar-refractivity contribution in [3.63, 3.8) is 0 Å².